The van der Waals surface area contributed by atoms with Crippen LogP contribution in [0.2, 0.25) is 0 Å². The van der Waals surface area contributed by atoms with Gasteiger partial charge in [-0.25, -0.2) is 4.39 Å². The highest BCUT2D eigenvalue weighted by molar-refractivity contribution is 8.27. The number of hydrogen-bond donors (Lipinski definition) is 0. The number of rotatable bonds is 6. The van der Waals surface area contributed by atoms with Crippen LogP contribution in [0.15, 0.2) is 71.6 Å². The number of amides is 1. The van der Waals surface area contributed by atoms with Crippen molar-refractivity contribution < 1.29 is 18.7 Å². The van der Waals surface area contributed by atoms with E-state index in [1.165, 1.54) is 35.9 Å². The fraction of sp³-hybridized carbons (Fsp3) is 0.0800. The van der Waals surface area contributed by atoms with E-state index >= 15 is 0 Å². The Labute approximate surface area is 200 Å². The number of halogens is 1. The summed E-state index contributed by atoms with van der Waals surface area (Å²) in [6.45, 7) is 0.263. The van der Waals surface area contributed by atoms with Gasteiger partial charge in [0.25, 0.3) is 5.91 Å². The zero-order valence-corrected chi connectivity index (χ0v) is 19.1. The molecule has 33 heavy (non-hydrogen) atoms. The van der Waals surface area contributed by atoms with E-state index in [0.717, 1.165) is 11.1 Å². The molecule has 1 aliphatic heterocycles. The number of thiocarbonyl (C=S) groups is 1. The zero-order valence-electron chi connectivity index (χ0n) is 17.4. The van der Waals surface area contributed by atoms with Crippen LogP contribution >= 0.6 is 24.0 Å². The van der Waals surface area contributed by atoms with Crippen molar-refractivity contribution in [2.75, 3.05) is 12.0 Å². The van der Waals surface area contributed by atoms with Gasteiger partial charge in [-0.2, -0.15) is 5.26 Å². The van der Waals surface area contributed by atoms with Crippen molar-refractivity contribution in [1.82, 2.24) is 0 Å². The quantitative estimate of drug-likeness (QED) is 0.336. The van der Waals surface area contributed by atoms with Crippen LogP contribution < -0.4 is 14.4 Å². The van der Waals surface area contributed by atoms with Crippen molar-refractivity contribution in [2.45, 2.75) is 6.61 Å². The van der Waals surface area contributed by atoms with Crippen molar-refractivity contribution in [3.8, 4) is 17.6 Å². The molecule has 3 aromatic rings. The molecule has 8 heteroatoms. The number of benzene rings is 3. The Kier molecular flexibility index (Phi) is 6.73. The van der Waals surface area contributed by atoms with Gasteiger partial charge in [-0.15, -0.1) is 0 Å². The van der Waals surface area contributed by atoms with E-state index in [9.17, 15) is 9.18 Å². The lowest BCUT2D eigenvalue weighted by molar-refractivity contribution is -0.113. The van der Waals surface area contributed by atoms with Crippen LogP contribution in [0.1, 0.15) is 16.7 Å². The van der Waals surface area contributed by atoms with Crippen molar-refractivity contribution >= 4 is 46.0 Å². The van der Waals surface area contributed by atoms with Crippen LogP contribution in [0.4, 0.5) is 10.1 Å². The van der Waals surface area contributed by atoms with Gasteiger partial charge in [0.05, 0.1) is 29.3 Å². The first-order valence-corrected chi connectivity index (χ1v) is 11.0. The van der Waals surface area contributed by atoms with Crippen LogP contribution in [0.5, 0.6) is 11.5 Å². The van der Waals surface area contributed by atoms with Gasteiger partial charge in [0.15, 0.2) is 15.8 Å². The number of carbonyl (C=O) groups excluding carboxylic acids is 1. The Bertz CT molecular complexity index is 1280. The molecule has 4 rings (SSSR count). The lowest BCUT2D eigenvalue weighted by Crippen LogP contribution is -2.27. The Morgan fingerprint density at radius 2 is 1.82 bits per heavy atom. The van der Waals surface area contributed by atoms with Crippen molar-refractivity contribution in [2.24, 2.45) is 0 Å². The summed E-state index contributed by atoms with van der Waals surface area (Å²) in [6.07, 6.45) is 1.75. The van der Waals surface area contributed by atoms with Crippen molar-refractivity contribution in [3.63, 3.8) is 0 Å². The van der Waals surface area contributed by atoms with E-state index in [1.807, 2.05) is 6.07 Å². The second-order valence-corrected chi connectivity index (χ2v) is 8.68. The smallest absolute Gasteiger partial charge is 0.270 e. The minimum absolute atomic E-state index is 0.231. The van der Waals surface area contributed by atoms with Crippen LogP contribution in [-0.2, 0) is 11.4 Å². The molecule has 0 saturated carbocycles. The summed E-state index contributed by atoms with van der Waals surface area (Å²) in [5, 5.41) is 8.97. The molecule has 0 aromatic heterocycles. The average molecular weight is 477 g/mol. The van der Waals surface area contributed by atoms with E-state index in [-0.39, 0.29) is 18.3 Å². The minimum Gasteiger partial charge on any atom is -0.493 e. The van der Waals surface area contributed by atoms with Crippen LogP contribution in [0.3, 0.4) is 0 Å². The van der Waals surface area contributed by atoms with Gasteiger partial charge in [-0.1, -0.05) is 42.2 Å². The lowest BCUT2D eigenvalue weighted by Gasteiger charge is -2.14. The topological polar surface area (TPSA) is 62.6 Å². The Morgan fingerprint density at radius 1 is 1.09 bits per heavy atom. The third kappa shape index (κ3) is 5.06. The highest BCUT2D eigenvalue weighted by Crippen LogP contribution is 2.37. The number of nitrogens with zero attached hydrogens (tertiary/aromatic N) is 2. The standard InChI is InChI=1S/C25H17FN2O3S2/c1-30-22-12-18(6-11-21(22)31-15-17-2-7-19(26)8-3-17)13-23-24(29)28(25(32)33-23)20-9-4-16(14-27)5-10-20/h2-13H,15H2,1H3/b23-13-. The Morgan fingerprint density at radius 3 is 2.48 bits per heavy atom. The molecule has 0 N–H and O–H groups in total. The number of methoxy groups -OCH3 is 1. The van der Waals surface area contributed by atoms with Crippen molar-refractivity contribution in [1.29, 1.82) is 5.26 Å². The first-order chi connectivity index (χ1) is 16.0. The molecule has 1 fully saturated rings. The molecule has 0 atom stereocenters. The van der Waals surface area contributed by atoms with Gasteiger partial charge in [0.2, 0.25) is 0 Å². The second-order valence-electron chi connectivity index (χ2n) is 7.00. The van der Waals surface area contributed by atoms with Gasteiger partial charge in [-0.05, 0) is 65.7 Å². The van der Waals surface area contributed by atoms with Gasteiger partial charge in [-0.3, -0.25) is 9.69 Å². The molecule has 0 aliphatic carbocycles. The first-order valence-electron chi connectivity index (χ1n) is 9.82. The molecular weight excluding hydrogens is 459 g/mol. The number of nitriles is 1. The largest absolute Gasteiger partial charge is 0.493 e. The highest BCUT2D eigenvalue weighted by Gasteiger charge is 2.33. The fourth-order valence-electron chi connectivity index (χ4n) is 3.16. The summed E-state index contributed by atoms with van der Waals surface area (Å²) in [5.41, 5.74) is 2.70. The molecule has 1 aliphatic rings. The molecule has 0 radical (unpaired) electrons. The van der Waals surface area contributed by atoms with Crippen LogP contribution in [0.25, 0.3) is 6.08 Å². The molecule has 1 saturated heterocycles. The molecule has 5 nitrogen and oxygen atoms in total. The summed E-state index contributed by atoms with van der Waals surface area (Å²) < 4.78 is 24.8. The fourth-order valence-corrected chi connectivity index (χ4v) is 4.46. The van der Waals surface area contributed by atoms with Gasteiger partial charge in [0, 0.05) is 0 Å². The number of hydrogen-bond acceptors (Lipinski definition) is 6. The van der Waals surface area contributed by atoms with Crippen molar-refractivity contribution in [3.05, 3.63) is 94.1 Å². The maximum Gasteiger partial charge on any atom is 0.270 e. The van der Waals surface area contributed by atoms with Gasteiger partial charge < -0.3 is 9.47 Å². The van der Waals surface area contributed by atoms with E-state index in [2.05, 4.69) is 6.07 Å². The summed E-state index contributed by atoms with van der Waals surface area (Å²) >= 11 is 6.62. The summed E-state index contributed by atoms with van der Waals surface area (Å²) in [7, 11) is 1.54. The molecular formula is C25H17FN2O3S2. The second kappa shape index (κ2) is 9.86. The van der Waals surface area contributed by atoms with Crippen LogP contribution in [0, 0.1) is 17.1 Å². The number of anilines is 1. The van der Waals surface area contributed by atoms with E-state index in [1.54, 1.807) is 54.6 Å². The molecule has 164 valence electrons. The first kappa shape index (κ1) is 22.5. The number of carbonyl (C=O) groups is 1. The normalized spacial score (nSPS) is 14.5. The third-order valence-electron chi connectivity index (χ3n) is 4.84. The average Bonchev–Trinajstić information content (AvgIpc) is 3.11. The predicted molar refractivity (Wildman–Crippen MR) is 131 cm³/mol. The molecule has 3 aromatic carbocycles. The van der Waals surface area contributed by atoms with E-state index < -0.39 is 0 Å². The minimum atomic E-state index is -0.301. The highest BCUT2D eigenvalue weighted by atomic mass is 32.2. The number of ether oxygens (including phenoxy) is 2. The van der Waals surface area contributed by atoms with E-state index in [4.69, 9.17) is 27.0 Å². The maximum absolute atomic E-state index is 13.1. The van der Waals surface area contributed by atoms with Crippen LogP contribution in [-0.4, -0.2) is 17.3 Å². The Hall–Kier alpha value is -3.67. The molecule has 1 heterocycles. The summed E-state index contributed by atoms with van der Waals surface area (Å²) in [6, 6.07) is 20.2. The predicted octanol–water partition coefficient (Wildman–Crippen LogP) is 5.69. The molecule has 0 unspecified atom stereocenters. The monoisotopic (exact) mass is 476 g/mol. The number of thioether (sulfide) groups is 1. The maximum atomic E-state index is 13.1. The SMILES string of the molecule is COc1cc(/C=C2\SC(=S)N(c3ccc(C#N)cc3)C2=O)ccc1OCc1ccc(F)cc1. The van der Waals surface area contributed by atoms with Gasteiger partial charge in [0.1, 0.15) is 12.4 Å². The molecule has 1 amide bonds. The Balaban J connectivity index is 1.52. The summed E-state index contributed by atoms with van der Waals surface area (Å²) in [4.78, 5) is 14.9. The zero-order chi connectivity index (χ0) is 23.4. The molecule has 0 spiro atoms. The van der Waals surface area contributed by atoms with E-state index in [0.29, 0.717) is 32.0 Å². The molecule has 0 bridgehead atoms. The summed E-state index contributed by atoms with van der Waals surface area (Å²) in [5.74, 6) is 0.508. The third-order valence-corrected chi connectivity index (χ3v) is 6.14. The lowest BCUT2D eigenvalue weighted by atomic mass is 10.1. The van der Waals surface area contributed by atoms with Gasteiger partial charge >= 0.3 is 0 Å².